The monoisotopic (exact) mass is 360 g/mol. The van der Waals surface area contributed by atoms with E-state index in [4.69, 9.17) is 9.47 Å². The Hall–Kier alpha value is -2.83. The quantitative estimate of drug-likeness (QED) is 0.476. The fraction of sp³-hybridized carbons (Fsp3) is 0.421. The second-order valence-electron chi connectivity index (χ2n) is 7.01. The molecule has 140 valence electrons. The number of aryl methyl sites for hydroxylation is 1. The third kappa shape index (κ3) is 4.84. The van der Waals surface area contributed by atoms with Gasteiger partial charge in [0.15, 0.2) is 5.57 Å². The number of hydrogen-bond acceptors (Lipinski definition) is 6. The van der Waals surface area contributed by atoms with Crippen LogP contribution in [0.3, 0.4) is 0 Å². The summed E-state index contributed by atoms with van der Waals surface area (Å²) in [7, 11) is 0. The van der Waals surface area contributed by atoms with Gasteiger partial charge >= 0.3 is 11.9 Å². The first-order valence-electron chi connectivity index (χ1n) is 8.41. The van der Waals surface area contributed by atoms with E-state index in [0.717, 1.165) is 5.56 Å². The lowest BCUT2D eigenvalue weighted by molar-refractivity contribution is -0.222. The molecule has 0 radical (unpaired) electrons. The molecule has 0 bridgehead atoms. The molecule has 0 saturated carbocycles. The Bertz CT molecular complexity index is 743. The van der Waals surface area contributed by atoms with Gasteiger partial charge in [-0.15, -0.1) is 0 Å². The zero-order valence-electron chi connectivity index (χ0n) is 15.6. The van der Waals surface area contributed by atoms with E-state index in [9.17, 15) is 14.4 Å². The van der Waals surface area contributed by atoms with Crippen LogP contribution in [0, 0.1) is 12.8 Å². The Labute approximate surface area is 152 Å². The summed E-state index contributed by atoms with van der Waals surface area (Å²) in [6, 6.07) is 5.16. The van der Waals surface area contributed by atoms with Gasteiger partial charge in [-0.25, -0.2) is 9.59 Å². The number of rotatable bonds is 5. The smallest absolute Gasteiger partial charge is 0.350 e. The lowest BCUT2D eigenvalue weighted by Gasteiger charge is -2.29. The van der Waals surface area contributed by atoms with E-state index in [2.05, 4.69) is 10.6 Å². The van der Waals surface area contributed by atoms with Crippen LogP contribution in [-0.4, -0.2) is 30.2 Å². The Kier molecular flexibility index (Phi) is 5.69. The van der Waals surface area contributed by atoms with E-state index in [0.29, 0.717) is 23.7 Å². The van der Waals surface area contributed by atoms with Crippen molar-refractivity contribution >= 4 is 23.5 Å². The highest BCUT2D eigenvalue weighted by atomic mass is 16.7. The van der Waals surface area contributed by atoms with Gasteiger partial charge in [-0.3, -0.25) is 4.79 Å². The van der Waals surface area contributed by atoms with Crippen LogP contribution in [0.4, 0.5) is 5.69 Å². The van der Waals surface area contributed by atoms with Gasteiger partial charge in [0.05, 0.1) is 0 Å². The normalized spacial score (nSPS) is 16.0. The van der Waals surface area contributed by atoms with E-state index < -0.39 is 17.7 Å². The Morgan fingerprint density at radius 2 is 1.81 bits per heavy atom. The van der Waals surface area contributed by atoms with Crippen molar-refractivity contribution in [1.29, 1.82) is 0 Å². The molecule has 26 heavy (non-hydrogen) atoms. The summed E-state index contributed by atoms with van der Waals surface area (Å²) < 4.78 is 10.1. The number of cyclic esters (lactones) is 2. The maximum absolute atomic E-state index is 12.2. The molecule has 1 aromatic carbocycles. The highest BCUT2D eigenvalue weighted by Gasteiger charge is 2.38. The van der Waals surface area contributed by atoms with Crippen LogP contribution in [0.2, 0.25) is 0 Å². The number of anilines is 1. The van der Waals surface area contributed by atoms with Crippen molar-refractivity contribution < 1.29 is 23.9 Å². The SMILES string of the molecule is Cc1ccc(C(=O)NCC(C)C)cc1NC=C1C(=O)OC(C)(C)OC1=O. The first-order valence-corrected chi connectivity index (χ1v) is 8.41. The molecule has 1 amide bonds. The molecule has 1 heterocycles. The molecule has 1 aliphatic rings. The van der Waals surface area contributed by atoms with Crippen LogP contribution in [0.5, 0.6) is 0 Å². The topological polar surface area (TPSA) is 93.7 Å². The van der Waals surface area contributed by atoms with Gasteiger partial charge in [0.25, 0.3) is 11.7 Å². The van der Waals surface area contributed by atoms with Crippen LogP contribution in [0.15, 0.2) is 30.0 Å². The first-order chi connectivity index (χ1) is 12.1. The minimum atomic E-state index is -1.28. The van der Waals surface area contributed by atoms with Crippen molar-refractivity contribution in [1.82, 2.24) is 5.32 Å². The molecule has 0 unspecified atom stereocenters. The number of benzene rings is 1. The van der Waals surface area contributed by atoms with Crippen molar-refractivity contribution in [3.8, 4) is 0 Å². The molecule has 0 spiro atoms. The van der Waals surface area contributed by atoms with Gasteiger partial charge in [-0.2, -0.15) is 0 Å². The second-order valence-corrected chi connectivity index (χ2v) is 7.01. The van der Waals surface area contributed by atoms with Crippen molar-refractivity contribution in [3.05, 3.63) is 41.1 Å². The molecule has 2 N–H and O–H groups in total. The molecule has 1 aromatic rings. The zero-order chi connectivity index (χ0) is 19.5. The van der Waals surface area contributed by atoms with Crippen LogP contribution in [0.25, 0.3) is 0 Å². The van der Waals surface area contributed by atoms with Crippen LogP contribution >= 0.6 is 0 Å². The van der Waals surface area contributed by atoms with Gasteiger partial charge in [0.2, 0.25) is 0 Å². The summed E-state index contributed by atoms with van der Waals surface area (Å²) in [5.41, 5.74) is 1.69. The van der Waals surface area contributed by atoms with E-state index in [1.807, 2.05) is 20.8 Å². The summed E-state index contributed by atoms with van der Waals surface area (Å²) in [5, 5.41) is 5.73. The van der Waals surface area contributed by atoms with Gasteiger partial charge in [-0.1, -0.05) is 19.9 Å². The Morgan fingerprint density at radius 3 is 2.38 bits per heavy atom. The summed E-state index contributed by atoms with van der Waals surface area (Å²) in [5.74, 6) is -2.65. The zero-order valence-corrected chi connectivity index (χ0v) is 15.6. The third-order valence-corrected chi connectivity index (χ3v) is 3.66. The summed E-state index contributed by atoms with van der Waals surface area (Å²) in [4.78, 5) is 36.1. The van der Waals surface area contributed by atoms with E-state index in [1.165, 1.54) is 20.0 Å². The van der Waals surface area contributed by atoms with Crippen LogP contribution in [-0.2, 0) is 19.1 Å². The Balaban J connectivity index is 2.16. The molecule has 2 rings (SSSR count). The Morgan fingerprint density at radius 1 is 1.19 bits per heavy atom. The minimum Gasteiger partial charge on any atom is -0.419 e. The van der Waals surface area contributed by atoms with E-state index in [1.54, 1.807) is 18.2 Å². The maximum atomic E-state index is 12.2. The molecule has 1 aliphatic heterocycles. The molecular formula is C19H24N2O5. The second kappa shape index (κ2) is 7.59. The summed E-state index contributed by atoms with van der Waals surface area (Å²) in [6.45, 7) is 9.41. The van der Waals surface area contributed by atoms with Gasteiger partial charge in [0.1, 0.15) is 0 Å². The van der Waals surface area contributed by atoms with Crippen molar-refractivity contribution in [3.63, 3.8) is 0 Å². The predicted molar refractivity (Wildman–Crippen MR) is 96.3 cm³/mol. The number of carbonyl (C=O) groups excluding carboxylic acids is 3. The number of carbonyl (C=O) groups is 3. The van der Waals surface area contributed by atoms with E-state index >= 15 is 0 Å². The molecule has 7 heteroatoms. The fourth-order valence-electron chi connectivity index (χ4n) is 2.25. The lowest BCUT2D eigenvalue weighted by Crippen LogP contribution is -2.42. The summed E-state index contributed by atoms with van der Waals surface area (Å²) in [6.07, 6.45) is 1.23. The average molecular weight is 360 g/mol. The van der Waals surface area contributed by atoms with Gasteiger partial charge in [0, 0.05) is 37.8 Å². The number of ether oxygens (including phenoxy) is 2. The average Bonchev–Trinajstić information content (AvgIpc) is 2.52. The fourth-order valence-corrected chi connectivity index (χ4v) is 2.25. The molecule has 0 atom stereocenters. The molecule has 7 nitrogen and oxygen atoms in total. The van der Waals surface area contributed by atoms with E-state index in [-0.39, 0.29) is 11.5 Å². The molecule has 0 aromatic heterocycles. The van der Waals surface area contributed by atoms with Gasteiger partial charge < -0.3 is 20.1 Å². The van der Waals surface area contributed by atoms with Crippen LogP contribution < -0.4 is 10.6 Å². The van der Waals surface area contributed by atoms with Crippen LogP contribution in [0.1, 0.15) is 43.6 Å². The first kappa shape index (κ1) is 19.5. The number of amides is 1. The van der Waals surface area contributed by atoms with Gasteiger partial charge in [-0.05, 0) is 30.5 Å². The molecule has 1 saturated heterocycles. The third-order valence-electron chi connectivity index (χ3n) is 3.66. The summed E-state index contributed by atoms with van der Waals surface area (Å²) >= 11 is 0. The van der Waals surface area contributed by atoms with Crippen molar-refractivity contribution in [2.24, 2.45) is 5.92 Å². The molecule has 1 fully saturated rings. The number of esters is 2. The maximum Gasteiger partial charge on any atom is 0.350 e. The number of hydrogen-bond donors (Lipinski definition) is 2. The number of nitrogens with one attached hydrogen (secondary N) is 2. The predicted octanol–water partition coefficient (Wildman–Crippen LogP) is 2.51. The van der Waals surface area contributed by atoms with Crippen molar-refractivity contribution in [2.45, 2.75) is 40.4 Å². The minimum absolute atomic E-state index is 0.187. The largest absolute Gasteiger partial charge is 0.419 e. The standard InChI is InChI=1S/C19H24N2O5/c1-11(2)9-21-16(22)13-7-6-12(3)15(8-13)20-10-14-17(23)25-19(4,5)26-18(14)24/h6-8,10-11,20H,9H2,1-5H3,(H,21,22). The molecule has 0 aliphatic carbocycles. The lowest BCUT2D eigenvalue weighted by atomic mass is 10.1. The highest BCUT2D eigenvalue weighted by Crippen LogP contribution is 2.23. The molecular weight excluding hydrogens is 336 g/mol. The highest BCUT2D eigenvalue weighted by molar-refractivity contribution is 6.15. The van der Waals surface area contributed by atoms with Crippen molar-refractivity contribution in [2.75, 3.05) is 11.9 Å².